The first kappa shape index (κ1) is 25.0. The van der Waals surface area contributed by atoms with Crippen LogP contribution in [0.4, 0.5) is 11.4 Å². The van der Waals surface area contributed by atoms with Crippen LogP contribution in [-0.2, 0) is 11.3 Å². The van der Waals surface area contributed by atoms with E-state index >= 15 is 0 Å². The third-order valence-electron chi connectivity index (χ3n) is 5.44. The molecular formula is C24H32ClN5O3. The summed E-state index contributed by atoms with van der Waals surface area (Å²) in [5.41, 5.74) is 2.46. The van der Waals surface area contributed by atoms with Gasteiger partial charge in [-0.05, 0) is 43.8 Å². The number of piperazine rings is 1. The molecule has 2 N–H and O–H groups in total. The van der Waals surface area contributed by atoms with Gasteiger partial charge in [0.2, 0.25) is 5.91 Å². The van der Waals surface area contributed by atoms with Gasteiger partial charge < -0.3 is 20.3 Å². The normalized spacial score (nSPS) is 14.6. The van der Waals surface area contributed by atoms with Crippen LogP contribution in [0.15, 0.2) is 36.5 Å². The Bertz CT molecular complexity index is 930. The maximum Gasteiger partial charge on any atom is 0.255 e. The number of ether oxygens (including phenoxy) is 1. The topological polar surface area (TPSA) is 86.8 Å². The van der Waals surface area contributed by atoms with Gasteiger partial charge in [-0.1, -0.05) is 6.92 Å². The molecule has 0 spiro atoms. The fourth-order valence-corrected chi connectivity index (χ4v) is 3.51. The summed E-state index contributed by atoms with van der Waals surface area (Å²) >= 11 is 5.71. The molecule has 1 fully saturated rings. The van der Waals surface area contributed by atoms with Crippen molar-refractivity contribution in [3.8, 4) is 5.75 Å². The maximum atomic E-state index is 12.8. The van der Waals surface area contributed by atoms with Crippen LogP contribution in [0.5, 0.6) is 5.75 Å². The highest BCUT2D eigenvalue weighted by Crippen LogP contribution is 2.27. The number of hydrogen-bond donors (Lipinski definition) is 2. The molecule has 9 heteroatoms. The summed E-state index contributed by atoms with van der Waals surface area (Å²) in [5, 5.41) is 5.67. The number of likely N-dealkylation sites (N-methyl/N-ethyl adjacent to an activating group) is 1. The molecule has 0 aliphatic carbocycles. The van der Waals surface area contributed by atoms with Crippen LogP contribution >= 0.6 is 11.6 Å². The van der Waals surface area contributed by atoms with Crippen molar-refractivity contribution in [2.24, 2.45) is 0 Å². The highest BCUT2D eigenvalue weighted by molar-refractivity contribution is 6.17. The van der Waals surface area contributed by atoms with Crippen LogP contribution in [0, 0.1) is 0 Å². The number of carbonyl (C=O) groups excluding carboxylic acids is 2. The molecule has 1 aliphatic rings. The van der Waals surface area contributed by atoms with Crippen molar-refractivity contribution in [3.63, 3.8) is 0 Å². The number of anilines is 2. The molecule has 0 atom stereocenters. The number of nitrogens with one attached hydrogen (secondary N) is 2. The molecule has 0 bridgehead atoms. The summed E-state index contributed by atoms with van der Waals surface area (Å²) < 4.78 is 5.71. The summed E-state index contributed by atoms with van der Waals surface area (Å²) in [5.74, 6) is 0.547. The van der Waals surface area contributed by atoms with Crippen LogP contribution < -0.4 is 15.4 Å². The number of amides is 2. The Morgan fingerprint density at radius 2 is 1.91 bits per heavy atom. The van der Waals surface area contributed by atoms with E-state index in [0.29, 0.717) is 48.0 Å². The first-order chi connectivity index (χ1) is 16.0. The van der Waals surface area contributed by atoms with Crippen LogP contribution in [0.25, 0.3) is 0 Å². The predicted octanol–water partition coefficient (Wildman–Crippen LogP) is 3.44. The van der Waals surface area contributed by atoms with E-state index in [2.05, 4.69) is 32.5 Å². The van der Waals surface area contributed by atoms with Crippen molar-refractivity contribution in [1.82, 2.24) is 14.8 Å². The number of pyridine rings is 1. The molecule has 178 valence electrons. The molecule has 0 saturated carbocycles. The number of rotatable bonds is 10. The summed E-state index contributed by atoms with van der Waals surface area (Å²) in [6.07, 6.45) is 2.68. The molecule has 8 nitrogen and oxygen atoms in total. The molecule has 2 aromatic rings. The zero-order valence-electron chi connectivity index (χ0n) is 19.3. The molecule has 0 radical (unpaired) electrons. The first-order valence-corrected chi connectivity index (χ1v) is 11.8. The highest BCUT2D eigenvalue weighted by atomic mass is 35.5. The number of nitrogens with zero attached hydrogens (tertiary/aromatic N) is 3. The molecule has 1 aliphatic heterocycles. The van der Waals surface area contributed by atoms with Crippen LogP contribution in [0.3, 0.4) is 0 Å². The van der Waals surface area contributed by atoms with Crippen molar-refractivity contribution in [1.29, 1.82) is 0 Å². The van der Waals surface area contributed by atoms with Gasteiger partial charge in [-0.25, -0.2) is 0 Å². The minimum Gasteiger partial charge on any atom is -0.491 e. The third kappa shape index (κ3) is 7.70. The lowest BCUT2D eigenvalue weighted by Crippen LogP contribution is -2.43. The minimum atomic E-state index is -0.289. The van der Waals surface area contributed by atoms with Crippen LogP contribution in [0.2, 0.25) is 0 Å². The number of carbonyl (C=O) groups is 2. The molecule has 3 rings (SSSR count). The highest BCUT2D eigenvalue weighted by Gasteiger charge is 2.15. The molecule has 1 saturated heterocycles. The Balaban J connectivity index is 1.63. The summed E-state index contributed by atoms with van der Waals surface area (Å²) in [4.78, 5) is 33.9. The molecular weight excluding hydrogens is 442 g/mol. The fourth-order valence-electron chi connectivity index (χ4n) is 3.40. The second-order valence-electron chi connectivity index (χ2n) is 8.08. The van der Waals surface area contributed by atoms with Gasteiger partial charge in [-0.15, -0.1) is 11.6 Å². The minimum absolute atomic E-state index is 0.158. The van der Waals surface area contributed by atoms with Gasteiger partial charge in [0.15, 0.2) is 0 Å². The first-order valence-electron chi connectivity index (χ1n) is 11.3. The number of halogens is 1. The summed E-state index contributed by atoms with van der Waals surface area (Å²) in [6, 6.07) is 8.77. The van der Waals surface area contributed by atoms with E-state index < -0.39 is 0 Å². The molecule has 1 aromatic heterocycles. The predicted molar refractivity (Wildman–Crippen MR) is 131 cm³/mol. The number of aromatic nitrogens is 1. The zero-order chi connectivity index (χ0) is 23.6. The number of hydrogen-bond acceptors (Lipinski definition) is 6. The molecule has 2 amide bonds. The Kier molecular flexibility index (Phi) is 9.47. The van der Waals surface area contributed by atoms with Gasteiger partial charge in [0.1, 0.15) is 5.75 Å². The smallest absolute Gasteiger partial charge is 0.255 e. The van der Waals surface area contributed by atoms with Crippen molar-refractivity contribution in [2.75, 3.05) is 56.3 Å². The van der Waals surface area contributed by atoms with E-state index in [1.807, 2.05) is 12.1 Å². The maximum absolute atomic E-state index is 12.8. The van der Waals surface area contributed by atoms with Gasteiger partial charge in [-0.3, -0.25) is 19.5 Å². The van der Waals surface area contributed by atoms with E-state index in [9.17, 15) is 9.59 Å². The summed E-state index contributed by atoms with van der Waals surface area (Å²) in [7, 11) is 2.13. The van der Waals surface area contributed by atoms with E-state index in [1.54, 1.807) is 31.3 Å². The molecule has 1 aromatic carbocycles. The Labute approximate surface area is 200 Å². The molecule has 2 heterocycles. The van der Waals surface area contributed by atoms with Crippen molar-refractivity contribution >= 4 is 34.8 Å². The largest absolute Gasteiger partial charge is 0.491 e. The fraction of sp³-hybridized carbons (Fsp3) is 0.458. The average Bonchev–Trinajstić information content (AvgIpc) is 2.82. The standard InChI is InChI=1S/C24H32ClN5O3/c1-3-23(31)28-21-15-18(5-8-22(21)33-14-4-9-25)24(32)27-19-6-7-20(26-16-19)17-30-12-10-29(2)11-13-30/h5-8,15-16H,3-4,9-14,17H2,1-2H3,(H,27,32)(H,28,31). The monoisotopic (exact) mass is 473 g/mol. The second kappa shape index (κ2) is 12.5. The summed E-state index contributed by atoms with van der Waals surface area (Å²) in [6.45, 7) is 7.17. The van der Waals surface area contributed by atoms with Crippen molar-refractivity contribution in [3.05, 3.63) is 47.8 Å². The molecule has 33 heavy (non-hydrogen) atoms. The van der Waals surface area contributed by atoms with E-state index in [0.717, 1.165) is 38.4 Å². The van der Waals surface area contributed by atoms with Crippen molar-refractivity contribution < 1.29 is 14.3 Å². The lowest BCUT2D eigenvalue weighted by atomic mass is 10.1. The van der Waals surface area contributed by atoms with E-state index in [1.165, 1.54) is 0 Å². The second-order valence-corrected chi connectivity index (χ2v) is 8.45. The lowest BCUT2D eigenvalue weighted by Gasteiger charge is -2.32. The van der Waals surface area contributed by atoms with Gasteiger partial charge in [0, 0.05) is 50.6 Å². The number of benzene rings is 1. The Hall–Kier alpha value is -2.68. The van der Waals surface area contributed by atoms with Crippen LogP contribution in [-0.4, -0.2) is 72.3 Å². The van der Waals surface area contributed by atoms with Gasteiger partial charge in [0.25, 0.3) is 5.91 Å². The van der Waals surface area contributed by atoms with E-state index in [-0.39, 0.29) is 11.8 Å². The SMILES string of the molecule is CCC(=O)Nc1cc(C(=O)Nc2ccc(CN3CCN(C)CC3)nc2)ccc1OCCCCl. The van der Waals surface area contributed by atoms with E-state index in [4.69, 9.17) is 16.3 Å². The zero-order valence-corrected chi connectivity index (χ0v) is 20.0. The van der Waals surface area contributed by atoms with Gasteiger partial charge in [0.05, 0.1) is 29.9 Å². The molecule has 0 unspecified atom stereocenters. The van der Waals surface area contributed by atoms with Gasteiger partial charge >= 0.3 is 0 Å². The van der Waals surface area contributed by atoms with Gasteiger partial charge in [-0.2, -0.15) is 0 Å². The van der Waals surface area contributed by atoms with Crippen LogP contribution in [0.1, 0.15) is 35.8 Å². The Morgan fingerprint density at radius 3 is 2.58 bits per heavy atom. The quantitative estimate of drug-likeness (QED) is 0.406. The third-order valence-corrected chi connectivity index (χ3v) is 5.70. The Morgan fingerprint density at radius 1 is 1.12 bits per heavy atom. The number of alkyl halides is 1. The average molecular weight is 474 g/mol. The lowest BCUT2D eigenvalue weighted by molar-refractivity contribution is -0.115. The van der Waals surface area contributed by atoms with Crippen molar-refractivity contribution in [2.45, 2.75) is 26.3 Å².